The number of amides is 1. The normalized spacial score (nSPS) is 17.8. The van der Waals surface area contributed by atoms with Gasteiger partial charge in [0.05, 0.1) is 6.10 Å². The molecule has 0 radical (unpaired) electrons. The second kappa shape index (κ2) is 13.6. The van der Waals surface area contributed by atoms with Crippen LogP contribution < -0.4 is 10.6 Å². The predicted octanol–water partition coefficient (Wildman–Crippen LogP) is 1.76. The number of ether oxygens (including phenoxy) is 1. The van der Waals surface area contributed by atoms with Crippen molar-refractivity contribution in [2.24, 2.45) is 4.99 Å². The van der Waals surface area contributed by atoms with E-state index in [2.05, 4.69) is 22.2 Å². The number of nitrogens with one attached hydrogen (secondary N) is 2. The van der Waals surface area contributed by atoms with Crippen LogP contribution in [0, 0.1) is 0 Å². The molecule has 1 unspecified atom stereocenters. The summed E-state index contributed by atoms with van der Waals surface area (Å²) in [4.78, 5) is 17.4. The molecular weight excluding hydrogens is 407 g/mol. The Morgan fingerprint density at radius 1 is 1.39 bits per heavy atom. The van der Waals surface area contributed by atoms with Crippen molar-refractivity contribution in [2.45, 2.75) is 38.2 Å². The van der Waals surface area contributed by atoms with Crippen LogP contribution in [0.15, 0.2) is 17.6 Å². The van der Waals surface area contributed by atoms with Crippen molar-refractivity contribution in [1.29, 1.82) is 0 Å². The molecule has 0 aromatic carbocycles. The van der Waals surface area contributed by atoms with E-state index in [0.29, 0.717) is 18.6 Å². The van der Waals surface area contributed by atoms with Gasteiger partial charge in [0.25, 0.3) is 0 Å². The zero-order valence-corrected chi connectivity index (χ0v) is 16.7. The van der Waals surface area contributed by atoms with Crippen LogP contribution >= 0.6 is 24.0 Å². The third-order valence-electron chi connectivity index (χ3n) is 3.55. The highest BCUT2D eigenvalue weighted by atomic mass is 127. The smallest absolute Gasteiger partial charge is 0.243 e. The lowest BCUT2D eigenvalue weighted by Crippen LogP contribution is -2.39. The van der Waals surface area contributed by atoms with E-state index in [1.165, 1.54) is 24.2 Å². The first-order valence-corrected chi connectivity index (χ1v) is 8.08. The van der Waals surface area contributed by atoms with Gasteiger partial charge in [0.1, 0.15) is 6.54 Å². The molecule has 1 atom stereocenters. The highest BCUT2D eigenvalue weighted by Gasteiger charge is 2.13. The Morgan fingerprint density at radius 2 is 2.17 bits per heavy atom. The molecule has 1 heterocycles. The quantitative estimate of drug-likeness (QED) is 0.199. The lowest BCUT2D eigenvalue weighted by Gasteiger charge is -2.22. The standard InChI is InChI=1S/C16H30N4O2.HI/c1-4-10-17-16(19-13-15(21)20(2)3)18-11-7-9-14-8-5-6-12-22-14;/h4,14H,1,5-13H2,2-3H3,(H2,17,18,19);1H. The predicted molar refractivity (Wildman–Crippen MR) is 105 cm³/mol. The SMILES string of the molecule is C=CCNC(=NCC(=O)N(C)C)NCCCC1CCCCO1.I. The molecule has 1 saturated heterocycles. The maximum Gasteiger partial charge on any atom is 0.243 e. The van der Waals surface area contributed by atoms with Crippen LogP contribution in [0.2, 0.25) is 0 Å². The lowest BCUT2D eigenvalue weighted by atomic mass is 10.0. The van der Waals surface area contributed by atoms with Gasteiger partial charge in [0, 0.05) is 33.8 Å². The fourth-order valence-electron chi connectivity index (χ4n) is 2.20. The number of likely N-dealkylation sites (N-methyl/N-ethyl adjacent to an activating group) is 1. The number of aliphatic imine (C=N–C) groups is 1. The number of carbonyl (C=O) groups is 1. The first-order chi connectivity index (χ1) is 10.6. The van der Waals surface area contributed by atoms with Crippen LogP contribution in [0.1, 0.15) is 32.1 Å². The Morgan fingerprint density at radius 3 is 2.78 bits per heavy atom. The van der Waals surface area contributed by atoms with Crippen molar-refractivity contribution in [3.63, 3.8) is 0 Å². The largest absolute Gasteiger partial charge is 0.378 e. The van der Waals surface area contributed by atoms with E-state index < -0.39 is 0 Å². The maximum atomic E-state index is 11.6. The van der Waals surface area contributed by atoms with E-state index >= 15 is 0 Å². The molecular formula is C16H31IN4O2. The highest BCUT2D eigenvalue weighted by molar-refractivity contribution is 14.0. The number of hydrogen-bond acceptors (Lipinski definition) is 3. The van der Waals surface area contributed by atoms with Crippen molar-refractivity contribution in [1.82, 2.24) is 15.5 Å². The zero-order chi connectivity index (χ0) is 16.2. The molecule has 6 nitrogen and oxygen atoms in total. The summed E-state index contributed by atoms with van der Waals surface area (Å²) in [5, 5.41) is 6.37. The molecule has 0 aromatic heterocycles. The number of nitrogens with zero attached hydrogens (tertiary/aromatic N) is 2. The van der Waals surface area contributed by atoms with Crippen molar-refractivity contribution in [3.8, 4) is 0 Å². The molecule has 1 aliphatic rings. The molecule has 1 fully saturated rings. The Bertz CT molecular complexity index is 369. The van der Waals surface area contributed by atoms with Gasteiger partial charge in [0.15, 0.2) is 5.96 Å². The Balaban J connectivity index is 0.00000484. The van der Waals surface area contributed by atoms with Crippen molar-refractivity contribution >= 4 is 35.8 Å². The van der Waals surface area contributed by atoms with E-state index in [9.17, 15) is 4.79 Å². The summed E-state index contributed by atoms with van der Waals surface area (Å²) in [7, 11) is 3.46. The van der Waals surface area contributed by atoms with Gasteiger partial charge in [-0.3, -0.25) is 4.79 Å². The molecule has 0 bridgehead atoms. The molecule has 1 aliphatic heterocycles. The first kappa shape index (κ1) is 22.2. The average molecular weight is 438 g/mol. The third kappa shape index (κ3) is 10.5. The van der Waals surface area contributed by atoms with Gasteiger partial charge >= 0.3 is 0 Å². The number of carbonyl (C=O) groups excluding carboxylic acids is 1. The van der Waals surface area contributed by atoms with E-state index in [4.69, 9.17) is 4.74 Å². The Hall–Kier alpha value is -0.830. The molecule has 2 N–H and O–H groups in total. The minimum absolute atomic E-state index is 0. The van der Waals surface area contributed by atoms with E-state index in [1.807, 2.05) is 0 Å². The van der Waals surface area contributed by atoms with Crippen LogP contribution in [-0.4, -0.2) is 63.2 Å². The van der Waals surface area contributed by atoms with Gasteiger partial charge in [-0.15, -0.1) is 30.6 Å². The molecule has 0 aliphatic carbocycles. The first-order valence-electron chi connectivity index (χ1n) is 8.08. The van der Waals surface area contributed by atoms with Crippen LogP contribution in [0.3, 0.4) is 0 Å². The van der Waals surface area contributed by atoms with Crippen LogP contribution in [0.4, 0.5) is 0 Å². The Labute approximate surface area is 157 Å². The van der Waals surface area contributed by atoms with E-state index in [1.54, 1.807) is 20.2 Å². The summed E-state index contributed by atoms with van der Waals surface area (Å²) in [6.45, 7) is 6.16. The minimum atomic E-state index is -0.0182. The summed E-state index contributed by atoms with van der Waals surface area (Å²) in [5.41, 5.74) is 0. The summed E-state index contributed by atoms with van der Waals surface area (Å²) in [5.74, 6) is 0.634. The summed E-state index contributed by atoms with van der Waals surface area (Å²) in [6.07, 6.45) is 7.91. The van der Waals surface area contributed by atoms with Gasteiger partial charge in [0.2, 0.25) is 5.91 Å². The fraction of sp³-hybridized carbons (Fsp3) is 0.750. The molecule has 0 spiro atoms. The maximum absolute atomic E-state index is 11.6. The van der Waals surface area contributed by atoms with Crippen molar-refractivity contribution in [2.75, 3.05) is 40.3 Å². The molecule has 1 amide bonds. The van der Waals surface area contributed by atoms with Crippen molar-refractivity contribution < 1.29 is 9.53 Å². The molecule has 1 rings (SSSR count). The summed E-state index contributed by atoms with van der Waals surface area (Å²) >= 11 is 0. The van der Waals surface area contributed by atoms with Crippen LogP contribution in [-0.2, 0) is 9.53 Å². The van der Waals surface area contributed by atoms with E-state index in [0.717, 1.165) is 26.0 Å². The fourth-order valence-corrected chi connectivity index (χ4v) is 2.20. The second-order valence-electron chi connectivity index (χ2n) is 5.68. The monoisotopic (exact) mass is 438 g/mol. The molecule has 134 valence electrons. The highest BCUT2D eigenvalue weighted by Crippen LogP contribution is 2.16. The summed E-state index contributed by atoms with van der Waals surface area (Å²) in [6, 6.07) is 0. The number of rotatable bonds is 8. The number of hydrogen-bond donors (Lipinski definition) is 2. The van der Waals surface area contributed by atoms with Gasteiger partial charge in [-0.2, -0.15) is 0 Å². The molecule has 7 heteroatoms. The van der Waals surface area contributed by atoms with E-state index in [-0.39, 0.29) is 36.4 Å². The number of halogens is 1. The third-order valence-corrected chi connectivity index (χ3v) is 3.55. The zero-order valence-electron chi connectivity index (χ0n) is 14.3. The van der Waals surface area contributed by atoms with Crippen LogP contribution in [0.25, 0.3) is 0 Å². The van der Waals surface area contributed by atoms with Crippen LogP contribution in [0.5, 0.6) is 0 Å². The van der Waals surface area contributed by atoms with Gasteiger partial charge in [-0.25, -0.2) is 4.99 Å². The molecule has 0 aromatic rings. The lowest BCUT2D eigenvalue weighted by molar-refractivity contribution is -0.127. The number of guanidine groups is 1. The Kier molecular flexibility index (Phi) is 13.1. The van der Waals surface area contributed by atoms with Gasteiger partial charge in [-0.1, -0.05) is 6.08 Å². The topological polar surface area (TPSA) is 66.0 Å². The second-order valence-corrected chi connectivity index (χ2v) is 5.68. The summed E-state index contributed by atoms with van der Waals surface area (Å²) < 4.78 is 5.72. The van der Waals surface area contributed by atoms with Crippen molar-refractivity contribution in [3.05, 3.63) is 12.7 Å². The van der Waals surface area contributed by atoms with Gasteiger partial charge in [-0.05, 0) is 32.1 Å². The minimum Gasteiger partial charge on any atom is -0.378 e. The van der Waals surface area contributed by atoms with Gasteiger partial charge < -0.3 is 20.3 Å². The molecule has 23 heavy (non-hydrogen) atoms. The molecule has 0 saturated carbocycles. The average Bonchev–Trinajstić information content (AvgIpc) is 2.53.